The average Bonchev–Trinajstić information content (AvgIpc) is 2.30. The average molecular weight is 253 g/mol. The molecule has 0 aromatic carbocycles. The highest BCUT2D eigenvalue weighted by Crippen LogP contribution is 2.17. The normalized spacial score (nSPS) is 9.65. The first kappa shape index (κ1) is 13.3. The van der Waals surface area contributed by atoms with Crippen LogP contribution in [0.15, 0.2) is 12.3 Å². The van der Waals surface area contributed by atoms with E-state index in [2.05, 4.69) is 16.2 Å². The third-order valence-corrected chi connectivity index (χ3v) is 2.44. The van der Waals surface area contributed by atoms with Gasteiger partial charge in [0.05, 0.1) is 10.6 Å². The number of carbonyl (C=O) groups is 1. The minimum atomic E-state index is -1.06. The number of rotatable bonds is 6. The van der Waals surface area contributed by atoms with E-state index in [4.69, 9.17) is 23.1 Å². The number of aromatic nitrogens is 1. The maximum absolute atomic E-state index is 10.8. The monoisotopic (exact) mass is 252 g/mol. The van der Waals surface area contributed by atoms with Crippen LogP contribution in [0.4, 0.5) is 5.82 Å². The van der Waals surface area contributed by atoms with Crippen molar-refractivity contribution in [1.29, 1.82) is 0 Å². The fourth-order valence-electron chi connectivity index (χ4n) is 1.27. The summed E-state index contributed by atoms with van der Waals surface area (Å²) < 4.78 is 0. The summed E-state index contributed by atoms with van der Waals surface area (Å²) >= 11 is 5.70. The third kappa shape index (κ3) is 4.33. The molecule has 0 bridgehead atoms. The van der Waals surface area contributed by atoms with Crippen molar-refractivity contribution in [3.63, 3.8) is 0 Å². The smallest absolute Gasteiger partial charge is 0.337 e. The molecule has 0 radical (unpaired) electrons. The summed E-state index contributed by atoms with van der Waals surface area (Å²) in [6.07, 6.45) is 9.05. The van der Waals surface area contributed by atoms with Crippen LogP contribution in [-0.2, 0) is 0 Å². The summed E-state index contributed by atoms with van der Waals surface area (Å²) in [7, 11) is 0. The molecule has 0 saturated heterocycles. The Labute approximate surface area is 105 Å². The Bertz CT molecular complexity index is 441. The zero-order valence-corrected chi connectivity index (χ0v) is 10.00. The van der Waals surface area contributed by atoms with Crippen LogP contribution in [0.2, 0.25) is 5.02 Å². The zero-order valence-electron chi connectivity index (χ0n) is 9.24. The van der Waals surface area contributed by atoms with Crippen molar-refractivity contribution in [1.82, 2.24) is 4.98 Å². The van der Waals surface area contributed by atoms with E-state index in [9.17, 15) is 4.79 Å². The molecule has 0 unspecified atom stereocenters. The van der Waals surface area contributed by atoms with E-state index in [0.29, 0.717) is 12.4 Å². The molecule has 5 heteroatoms. The van der Waals surface area contributed by atoms with Gasteiger partial charge in [0.1, 0.15) is 5.82 Å². The molecule has 1 aromatic rings. The Morgan fingerprint density at radius 1 is 1.59 bits per heavy atom. The molecule has 0 atom stereocenters. The molecule has 4 nitrogen and oxygen atoms in total. The van der Waals surface area contributed by atoms with E-state index in [1.54, 1.807) is 0 Å². The number of aromatic carboxylic acids is 1. The molecule has 0 aliphatic heterocycles. The molecule has 1 heterocycles. The van der Waals surface area contributed by atoms with Gasteiger partial charge in [-0.05, 0) is 18.9 Å². The number of halogens is 1. The Hall–Kier alpha value is -1.73. The first-order valence-corrected chi connectivity index (χ1v) is 5.59. The molecule has 0 aliphatic rings. The molecular weight excluding hydrogens is 240 g/mol. The summed E-state index contributed by atoms with van der Waals surface area (Å²) in [5.41, 5.74) is 0.0489. The SMILES string of the molecule is C#CCCCCNc1cc(C(=O)O)c(Cl)cn1. The fraction of sp³-hybridized carbons (Fsp3) is 0.333. The fourth-order valence-corrected chi connectivity index (χ4v) is 1.45. The summed E-state index contributed by atoms with van der Waals surface area (Å²) in [5, 5.41) is 12.0. The zero-order chi connectivity index (χ0) is 12.7. The van der Waals surface area contributed by atoms with Gasteiger partial charge in [0.25, 0.3) is 0 Å². The number of hydrogen-bond acceptors (Lipinski definition) is 3. The van der Waals surface area contributed by atoms with Crippen LogP contribution in [0.3, 0.4) is 0 Å². The van der Waals surface area contributed by atoms with Crippen LogP contribution in [0.1, 0.15) is 29.6 Å². The number of nitrogens with one attached hydrogen (secondary N) is 1. The first-order valence-electron chi connectivity index (χ1n) is 5.21. The van der Waals surface area contributed by atoms with E-state index < -0.39 is 5.97 Å². The molecule has 0 spiro atoms. The van der Waals surface area contributed by atoms with Gasteiger partial charge in [0.15, 0.2) is 0 Å². The number of unbranched alkanes of at least 4 members (excludes halogenated alkanes) is 2. The second-order valence-electron chi connectivity index (χ2n) is 3.44. The topological polar surface area (TPSA) is 62.2 Å². The number of anilines is 1. The van der Waals surface area contributed by atoms with E-state index in [0.717, 1.165) is 19.3 Å². The molecule has 90 valence electrons. The maximum Gasteiger partial charge on any atom is 0.337 e. The second kappa shape index (κ2) is 6.77. The standard InChI is InChI=1S/C12H13ClN2O2/c1-2-3-4-5-6-14-11-7-9(12(16)17)10(13)8-15-11/h1,7-8H,3-6H2,(H,14,15)(H,16,17). The van der Waals surface area contributed by atoms with Crippen molar-refractivity contribution in [2.45, 2.75) is 19.3 Å². The third-order valence-electron chi connectivity index (χ3n) is 2.14. The van der Waals surface area contributed by atoms with Gasteiger partial charge in [-0.25, -0.2) is 9.78 Å². The van der Waals surface area contributed by atoms with Gasteiger partial charge >= 0.3 is 5.97 Å². The molecule has 0 saturated carbocycles. The first-order chi connectivity index (χ1) is 8.15. The van der Waals surface area contributed by atoms with Gasteiger partial charge in [-0.15, -0.1) is 12.3 Å². The van der Waals surface area contributed by atoms with Crippen LogP contribution in [0.25, 0.3) is 0 Å². The van der Waals surface area contributed by atoms with Crippen molar-refractivity contribution in [2.24, 2.45) is 0 Å². The number of hydrogen-bond donors (Lipinski definition) is 2. The Kier molecular flexibility index (Phi) is 5.31. The predicted molar refractivity (Wildman–Crippen MR) is 67.4 cm³/mol. The summed E-state index contributed by atoms with van der Waals surface area (Å²) in [6.45, 7) is 0.704. The predicted octanol–water partition coefficient (Wildman–Crippen LogP) is 2.65. The molecular formula is C12H13ClN2O2. The Balaban J connectivity index is 2.52. The largest absolute Gasteiger partial charge is 0.478 e. The van der Waals surface area contributed by atoms with Crippen LogP contribution >= 0.6 is 11.6 Å². The highest BCUT2D eigenvalue weighted by atomic mass is 35.5. The summed E-state index contributed by atoms with van der Waals surface area (Å²) in [5.74, 6) is 2.00. The van der Waals surface area contributed by atoms with Gasteiger partial charge in [-0.2, -0.15) is 0 Å². The molecule has 1 rings (SSSR count). The van der Waals surface area contributed by atoms with Crippen molar-refractivity contribution in [2.75, 3.05) is 11.9 Å². The number of carboxylic acid groups (broad SMARTS) is 1. The Morgan fingerprint density at radius 2 is 2.35 bits per heavy atom. The molecule has 0 aliphatic carbocycles. The highest BCUT2D eigenvalue weighted by molar-refractivity contribution is 6.33. The van der Waals surface area contributed by atoms with Gasteiger partial charge < -0.3 is 10.4 Å². The van der Waals surface area contributed by atoms with Gasteiger partial charge in [0.2, 0.25) is 0 Å². The summed E-state index contributed by atoms with van der Waals surface area (Å²) in [6, 6.07) is 1.42. The van der Waals surface area contributed by atoms with Crippen molar-refractivity contribution in [3.05, 3.63) is 22.8 Å². The van der Waals surface area contributed by atoms with Gasteiger partial charge in [0, 0.05) is 19.2 Å². The lowest BCUT2D eigenvalue weighted by atomic mass is 10.2. The lowest BCUT2D eigenvalue weighted by Crippen LogP contribution is -2.06. The van der Waals surface area contributed by atoms with Crippen LogP contribution in [0.5, 0.6) is 0 Å². The number of pyridine rings is 1. The van der Waals surface area contributed by atoms with Crippen molar-refractivity contribution < 1.29 is 9.90 Å². The second-order valence-corrected chi connectivity index (χ2v) is 3.85. The number of nitrogens with zero attached hydrogens (tertiary/aromatic N) is 1. The lowest BCUT2D eigenvalue weighted by Gasteiger charge is -2.06. The quantitative estimate of drug-likeness (QED) is 0.604. The molecule has 0 amide bonds. The number of carboxylic acids is 1. The van der Waals surface area contributed by atoms with Crippen molar-refractivity contribution in [3.8, 4) is 12.3 Å². The van der Waals surface area contributed by atoms with Gasteiger partial charge in [-0.3, -0.25) is 0 Å². The lowest BCUT2D eigenvalue weighted by molar-refractivity contribution is 0.0697. The molecule has 0 fully saturated rings. The van der Waals surface area contributed by atoms with Crippen molar-refractivity contribution >= 4 is 23.4 Å². The van der Waals surface area contributed by atoms with Crippen LogP contribution in [-0.4, -0.2) is 22.6 Å². The van der Waals surface area contributed by atoms with E-state index >= 15 is 0 Å². The molecule has 2 N–H and O–H groups in total. The van der Waals surface area contributed by atoms with Crippen LogP contribution < -0.4 is 5.32 Å². The highest BCUT2D eigenvalue weighted by Gasteiger charge is 2.09. The van der Waals surface area contributed by atoms with Gasteiger partial charge in [-0.1, -0.05) is 11.6 Å². The van der Waals surface area contributed by atoms with E-state index in [1.807, 2.05) is 0 Å². The Morgan fingerprint density at radius 3 is 3.00 bits per heavy atom. The minimum absolute atomic E-state index is 0.0489. The molecule has 17 heavy (non-hydrogen) atoms. The maximum atomic E-state index is 10.8. The summed E-state index contributed by atoms with van der Waals surface area (Å²) in [4.78, 5) is 14.8. The van der Waals surface area contributed by atoms with Crippen LogP contribution in [0, 0.1) is 12.3 Å². The van der Waals surface area contributed by atoms with E-state index in [-0.39, 0.29) is 10.6 Å². The van der Waals surface area contributed by atoms with E-state index in [1.165, 1.54) is 12.3 Å². The number of terminal acetylenes is 1. The molecule has 1 aromatic heterocycles. The minimum Gasteiger partial charge on any atom is -0.478 e.